The Bertz CT molecular complexity index is 2250. The zero-order valence-corrected chi connectivity index (χ0v) is 50.0. The van der Waals surface area contributed by atoms with Crippen molar-refractivity contribution in [1.29, 1.82) is 0 Å². The molecule has 18 heteroatoms. The second kappa shape index (κ2) is 25.9. The zero-order valence-electron chi connectivity index (χ0n) is 45.7. The summed E-state index contributed by atoms with van der Waals surface area (Å²) in [4.78, 5) is 42.1. The van der Waals surface area contributed by atoms with Crippen LogP contribution in [0.3, 0.4) is 0 Å². The topological polar surface area (TPSA) is 206 Å². The number of benzene rings is 2. The van der Waals surface area contributed by atoms with Gasteiger partial charge in [0.25, 0.3) is 0 Å². The lowest BCUT2D eigenvalue weighted by Crippen LogP contribution is -2.62. The maximum atomic E-state index is 13.9. The Morgan fingerprint density at radius 2 is 1.20 bits per heavy atom. The number of aliphatic hydroxyl groups excluding tert-OH is 5. The van der Waals surface area contributed by atoms with Crippen LogP contribution in [0.2, 0.25) is 0 Å². The number of nitrogens with one attached hydrogen (secondary N) is 2. The van der Waals surface area contributed by atoms with Gasteiger partial charge in [-0.05, 0) is 150 Å². The Morgan fingerprint density at radius 1 is 0.760 bits per heavy atom. The molecule has 2 unspecified atom stereocenters. The van der Waals surface area contributed by atoms with E-state index in [2.05, 4.69) is 116 Å². The number of ether oxygens (including phenoxy) is 2. The van der Waals surface area contributed by atoms with Crippen LogP contribution >= 0.6 is 45.2 Å². The molecule has 8 fully saturated rings. The van der Waals surface area contributed by atoms with Gasteiger partial charge in [0.1, 0.15) is 49.0 Å². The van der Waals surface area contributed by atoms with Gasteiger partial charge in [0.15, 0.2) is 0 Å². The monoisotopic (exact) mass is 1270 g/mol. The summed E-state index contributed by atoms with van der Waals surface area (Å²) in [6.07, 6.45) is 3.09. The van der Waals surface area contributed by atoms with Gasteiger partial charge < -0.3 is 45.6 Å². The summed E-state index contributed by atoms with van der Waals surface area (Å²) in [5, 5.41) is 60.7. The minimum absolute atomic E-state index is 0.0888. The second-order valence-electron chi connectivity index (χ2n) is 23.5. The molecule has 2 amide bonds. The lowest BCUT2D eigenvalue weighted by atomic mass is 9.45. The number of hydroxylamine groups is 4. The number of aliphatic hydroxyl groups is 5. The molecule has 2 heterocycles. The number of carbonyl (C=O) groups excluding carboxylic acids is 2. The van der Waals surface area contributed by atoms with Gasteiger partial charge >= 0.3 is 0 Å². The number of amides is 2. The second-order valence-corrected chi connectivity index (χ2v) is 25.9. The van der Waals surface area contributed by atoms with Crippen LogP contribution in [0.1, 0.15) is 99.1 Å². The largest absolute Gasteiger partial charge is 0.491 e. The number of nitrogens with zero attached hydrogens (tertiary/aromatic N) is 3. The average molecular weight is 1270 g/mol. The van der Waals surface area contributed by atoms with Crippen LogP contribution in [0.5, 0.6) is 11.5 Å². The number of likely N-dealkylation sites (N-methyl/N-ethyl adjacent to an activating group) is 1. The standard InChI is InChI=1S/C30H48IN3O6.C27H39IN2O5/c1-6-33(10-12-35)11-13-39-28-20(8-7-9-23(28)31)16-34-27(26(19(3)37)25(17-36)40-34)29(38)32-24-15-21-14-22(18(24)2)30(21,4)5;1-6-10-34-25-17(8-7-9-20(25)28)13-30-24(23(16(3)32)22(14-31)35-30)26(33)29-21-12-18-11-19(15(21)2)27(18,4)5/h7-9,18-19,21-22,24-27,35-37H,6,10-17H2,1-5H3,(H,32,38);6-9,15-16,18-19,21-24,31-32H,1,10-14H2,2-5H3,(H,29,33)/t18-,19-,21?,22-,24-,25-,26+,27-;15-,16-,18?,19-,21-,22-,23+,24-/m00/s1. The Hall–Kier alpha value is -2.22. The minimum atomic E-state index is -0.841. The Kier molecular flexibility index (Phi) is 20.9. The van der Waals surface area contributed by atoms with Crippen molar-refractivity contribution < 1.29 is 54.3 Å². The summed E-state index contributed by atoms with van der Waals surface area (Å²) in [5.41, 5.74) is 2.39. The van der Waals surface area contributed by atoms with Crippen LogP contribution in [0.25, 0.3) is 0 Å². The first-order valence-corrected chi connectivity index (χ1v) is 29.6. The molecular weight excluding hydrogens is 1180 g/mol. The zero-order chi connectivity index (χ0) is 54.7. The van der Waals surface area contributed by atoms with E-state index in [0.29, 0.717) is 79.2 Å². The Labute approximate surface area is 473 Å². The number of halogens is 2. The van der Waals surface area contributed by atoms with Crippen LogP contribution < -0.4 is 20.1 Å². The number of carbonyl (C=O) groups is 2. The van der Waals surface area contributed by atoms with E-state index < -0.39 is 48.3 Å². The molecule has 7 N–H and O–H groups in total. The van der Waals surface area contributed by atoms with E-state index in [0.717, 1.165) is 49.2 Å². The predicted octanol–water partition coefficient (Wildman–Crippen LogP) is 6.16. The maximum Gasteiger partial charge on any atom is 0.240 e. The lowest BCUT2D eigenvalue weighted by molar-refractivity contribution is -0.183. The molecule has 2 aromatic rings. The van der Waals surface area contributed by atoms with E-state index in [-0.39, 0.29) is 50.3 Å². The van der Waals surface area contributed by atoms with E-state index in [1.807, 2.05) is 36.4 Å². The fourth-order valence-corrected chi connectivity index (χ4v) is 15.4. The molecule has 2 aromatic carbocycles. The third-order valence-corrected chi connectivity index (χ3v) is 20.4. The molecule has 10 rings (SSSR count). The molecule has 0 aromatic heterocycles. The van der Waals surface area contributed by atoms with Crippen LogP contribution in [0.4, 0.5) is 0 Å². The summed E-state index contributed by atoms with van der Waals surface area (Å²) in [5.74, 6) is 3.23. The number of hydrogen-bond donors (Lipinski definition) is 7. The van der Waals surface area contributed by atoms with E-state index in [9.17, 15) is 35.1 Å². The smallest absolute Gasteiger partial charge is 0.240 e. The molecule has 6 aliphatic carbocycles. The lowest BCUT2D eigenvalue weighted by Gasteiger charge is -2.62. The number of rotatable bonds is 22. The fourth-order valence-electron chi connectivity index (χ4n) is 14.0. The van der Waals surface area contributed by atoms with Crippen molar-refractivity contribution in [3.63, 3.8) is 0 Å². The van der Waals surface area contributed by atoms with Crippen molar-refractivity contribution >= 4 is 57.0 Å². The third kappa shape index (κ3) is 12.9. The molecule has 75 heavy (non-hydrogen) atoms. The highest BCUT2D eigenvalue weighted by Gasteiger charge is 2.59. The molecule has 16 atom stereocenters. The summed E-state index contributed by atoms with van der Waals surface area (Å²) in [6.45, 7) is 26.0. The molecule has 0 radical (unpaired) electrons. The van der Waals surface area contributed by atoms with Crippen molar-refractivity contribution in [2.24, 2.45) is 58.2 Å². The quantitative estimate of drug-likeness (QED) is 0.0521. The van der Waals surface area contributed by atoms with E-state index in [1.54, 1.807) is 30.0 Å². The summed E-state index contributed by atoms with van der Waals surface area (Å²) in [7, 11) is 0. The van der Waals surface area contributed by atoms with Crippen LogP contribution in [0, 0.1) is 65.3 Å². The molecule has 2 aliphatic heterocycles. The van der Waals surface area contributed by atoms with Gasteiger partial charge in [-0.15, -0.1) is 0 Å². The van der Waals surface area contributed by atoms with Gasteiger partial charge in [-0.25, -0.2) is 0 Å². The maximum absolute atomic E-state index is 13.9. The van der Waals surface area contributed by atoms with E-state index >= 15 is 0 Å². The van der Waals surface area contributed by atoms with Gasteiger partial charge in [-0.3, -0.25) is 24.2 Å². The SMILES string of the molecule is C=CCOc1c(I)cccc1CN1O[C@@H](CO)[C@@H]([C@H](C)O)[C@H]1C(=O)N[C@H]1CC2C[C@@H]([C@@H]1C)C2(C)C.CCN(CCO)CCOc1c(I)cccc1CN1O[C@@H](CO)[C@@H]([C@H](C)O)[C@H]1C(=O)N[C@H]1CC2C[C@@H]([C@@H]1C)C2(C)C. The summed E-state index contributed by atoms with van der Waals surface area (Å²) in [6, 6.07) is 10.5. The molecule has 16 nitrogen and oxygen atoms in total. The fraction of sp³-hybridized carbons (Fsp3) is 0.719. The van der Waals surface area contributed by atoms with Crippen molar-refractivity contribution in [2.75, 3.05) is 52.7 Å². The average Bonchev–Trinajstić information content (AvgIpc) is 3.94. The van der Waals surface area contributed by atoms with Crippen LogP contribution in [-0.4, -0.2) is 154 Å². The summed E-state index contributed by atoms with van der Waals surface area (Å²) >= 11 is 4.48. The van der Waals surface area contributed by atoms with Gasteiger partial charge in [0.2, 0.25) is 11.8 Å². The van der Waals surface area contributed by atoms with Gasteiger partial charge in [0, 0.05) is 48.1 Å². The number of hydrogen-bond acceptors (Lipinski definition) is 14. The minimum Gasteiger partial charge on any atom is -0.491 e. The van der Waals surface area contributed by atoms with Crippen molar-refractivity contribution in [3.05, 3.63) is 67.3 Å². The first kappa shape index (κ1) is 60.4. The predicted molar refractivity (Wildman–Crippen MR) is 304 cm³/mol. The number of para-hydroxylation sites is 2. The van der Waals surface area contributed by atoms with E-state index in [4.69, 9.17) is 19.1 Å². The molecule has 420 valence electrons. The highest BCUT2D eigenvalue weighted by Crippen LogP contribution is 2.62. The first-order valence-electron chi connectivity index (χ1n) is 27.4. The van der Waals surface area contributed by atoms with Crippen molar-refractivity contribution in [3.8, 4) is 11.5 Å². The highest BCUT2D eigenvalue weighted by atomic mass is 127. The summed E-state index contributed by atoms with van der Waals surface area (Å²) < 4.78 is 14.1. The van der Waals surface area contributed by atoms with Gasteiger partial charge in [-0.1, -0.05) is 85.4 Å². The molecule has 4 bridgehead atoms. The number of fused-ring (bicyclic) bond motifs is 4. The molecule has 6 saturated carbocycles. The highest BCUT2D eigenvalue weighted by molar-refractivity contribution is 14.1. The van der Waals surface area contributed by atoms with Gasteiger partial charge in [-0.2, -0.15) is 10.1 Å². The third-order valence-electron chi connectivity index (χ3n) is 18.7. The molecule has 8 aliphatic rings. The van der Waals surface area contributed by atoms with Crippen LogP contribution in [-0.2, 0) is 32.4 Å². The van der Waals surface area contributed by atoms with Crippen molar-refractivity contribution in [1.82, 2.24) is 25.7 Å². The first-order chi connectivity index (χ1) is 35.6. The molecule has 2 saturated heterocycles. The van der Waals surface area contributed by atoms with E-state index in [1.165, 1.54) is 12.8 Å². The Morgan fingerprint density at radius 3 is 1.56 bits per heavy atom. The van der Waals surface area contributed by atoms with Gasteiger partial charge in [0.05, 0.1) is 52.3 Å². The molecular formula is C57H87I2N5O11. The normalized spacial score (nSPS) is 33.3. The Balaban J connectivity index is 0.000000221. The molecule has 0 spiro atoms. The van der Waals surface area contributed by atoms with Crippen molar-refractivity contribution in [2.45, 2.75) is 150 Å². The van der Waals surface area contributed by atoms with Crippen LogP contribution in [0.15, 0.2) is 49.1 Å².